The topological polar surface area (TPSA) is 89.2 Å². The minimum absolute atomic E-state index is 0.0418. The van der Waals surface area contributed by atoms with Crippen LogP contribution in [0.3, 0.4) is 0 Å². The number of hydrogen-bond donors (Lipinski definition) is 0. The molecule has 33 heavy (non-hydrogen) atoms. The van der Waals surface area contributed by atoms with Crippen molar-refractivity contribution in [3.63, 3.8) is 0 Å². The van der Waals surface area contributed by atoms with Gasteiger partial charge in [-0.1, -0.05) is 41.1 Å². The predicted molar refractivity (Wildman–Crippen MR) is 127 cm³/mol. The number of rotatable bonds is 5. The van der Waals surface area contributed by atoms with Crippen molar-refractivity contribution in [1.29, 1.82) is 0 Å². The third kappa shape index (κ3) is 4.48. The van der Waals surface area contributed by atoms with Gasteiger partial charge in [-0.05, 0) is 44.9 Å². The highest BCUT2D eigenvalue weighted by Crippen LogP contribution is 2.32. The molecule has 2 aromatic heterocycles. The van der Waals surface area contributed by atoms with E-state index >= 15 is 0 Å². The fourth-order valence-electron chi connectivity index (χ4n) is 4.03. The summed E-state index contributed by atoms with van der Waals surface area (Å²) in [5.74, 6) is 1.14. The van der Waals surface area contributed by atoms with E-state index in [2.05, 4.69) is 15.1 Å². The number of nitrogens with zero attached hydrogens (tertiary/aromatic N) is 4. The second-order valence-electron chi connectivity index (χ2n) is 8.28. The van der Waals surface area contributed by atoms with Gasteiger partial charge in [0.1, 0.15) is 0 Å². The number of aromatic nitrogens is 3. The predicted octanol–water partition coefficient (Wildman–Crippen LogP) is 5.05. The van der Waals surface area contributed by atoms with Crippen LogP contribution in [-0.2, 0) is 10.0 Å². The lowest BCUT2D eigenvalue weighted by molar-refractivity contribution is 0.271. The Kier molecular flexibility index (Phi) is 5.86. The molecule has 0 amide bonds. The highest BCUT2D eigenvalue weighted by molar-refractivity contribution is 7.89. The van der Waals surface area contributed by atoms with Crippen molar-refractivity contribution in [1.82, 2.24) is 19.4 Å². The van der Waals surface area contributed by atoms with Gasteiger partial charge >= 0.3 is 0 Å². The molecule has 0 spiro atoms. The van der Waals surface area contributed by atoms with Crippen LogP contribution in [0, 0.1) is 13.8 Å². The number of piperidine rings is 1. The smallest absolute Gasteiger partial charge is 0.243 e. The molecule has 1 saturated heterocycles. The van der Waals surface area contributed by atoms with E-state index in [-0.39, 0.29) is 5.92 Å². The van der Waals surface area contributed by atoms with Crippen molar-refractivity contribution >= 4 is 21.4 Å². The number of thiazole rings is 1. The molecular formula is C24H24N4O3S2. The first kappa shape index (κ1) is 21.9. The second kappa shape index (κ2) is 8.81. The van der Waals surface area contributed by atoms with Crippen LogP contribution >= 0.6 is 11.3 Å². The number of aryl methyl sites for hydroxylation is 2. The maximum Gasteiger partial charge on any atom is 0.243 e. The fourth-order valence-corrected chi connectivity index (χ4v) is 6.13. The van der Waals surface area contributed by atoms with Crippen molar-refractivity contribution in [3.8, 4) is 22.6 Å². The first-order valence-electron chi connectivity index (χ1n) is 10.8. The Balaban J connectivity index is 1.29. The SMILES string of the molecule is Cc1ccc(S(=O)(=O)N2CCC(c3nc(-c4cccc(-c5csc(C)n5)c4)no3)CC2)cc1. The van der Waals surface area contributed by atoms with Crippen LogP contribution in [-0.4, -0.2) is 40.9 Å². The molecule has 170 valence electrons. The van der Waals surface area contributed by atoms with Gasteiger partial charge in [-0.25, -0.2) is 13.4 Å². The highest BCUT2D eigenvalue weighted by Gasteiger charge is 2.32. The van der Waals surface area contributed by atoms with Gasteiger partial charge in [-0.3, -0.25) is 0 Å². The van der Waals surface area contributed by atoms with Crippen LogP contribution in [0.4, 0.5) is 0 Å². The lowest BCUT2D eigenvalue weighted by Gasteiger charge is -2.29. The normalized spacial score (nSPS) is 15.7. The first-order valence-corrected chi connectivity index (χ1v) is 13.2. The van der Waals surface area contributed by atoms with E-state index in [9.17, 15) is 8.42 Å². The van der Waals surface area contributed by atoms with Gasteiger partial charge in [0.2, 0.25) is 21.7 Å². The van der Waals surface area contributed by atoms with Gasteiger partial charge in [0.15, 0.2) is 0 Å². The summed E-state index contributed by atoms with van der Waals surface area (Å²) in [6, 6.07) is 14.9. The lowest BCUT2D eigenvalue weighted by Crippen LogP contribution is -2.37. The van der Waals surface area contributed by atoms with Gasteiger partial charge in [-0.15, -0.1) is 11.3 Å². The molecule has 0 radical (unpaired) electrons. The van der Waals surface area contributed by atoms with E-state index in [1.165, 1.54) is 0 Å². The van der Waals surface area contributed by atoms with Crippen molar-refractivity contribution < 1.29 is 12.9 Å². The van der Waals surface area contributed by atoms with E-state index < -0.39 is 10.0 Å². The van der Waals surface area contributed by atoms with Gasteiger partial charge in [0, 0.05) is 35.5 Å². The van der Waals surface area contributed by atoms with Crippen molar-refractivity contribution in [2.75, 3.05) is 13.1 Å². The van der Waals surface area contributed by atoms with Gasteiger partial charge in [0.05, 0.1) is 15.6 Å². The number of benzene rings is 2. The van der Waals surface area contributed by atoms with E-state index in [0.717, 1.165) is 27.4 Å². The van der Waals surface area contributed by atoms with Gasteiger partial charge < -0.3 is 4.52 Å². The second-order valence-corrected chi connectivity index (χ2v) is 11.3. The lowest BCUT2D eigenvalue weighted by atomic mass is 9.98. The monoisotopic (exact) mass is 480 g/mol. The zero-order valence-corrected chi connectivity index (χ0v) is 20.1. The van der Waals surface area contributed by atoms with Crippen LogP contribution in [0.25, 0.3) is 22.6 Å². The molecule has 7 nitrogen and oxygen atoms in total. The molecule has 1 aliphatic rings. The van der Waals surface area contributed by atoms with E-state index in [4.69, 9.17) is 4.52 Å². The molecular weight excluding hydrogens is 456 g/mol. The van der Waals surface area contributed by atoms with E-state index in [0.29, 0.717) is 42.5 Å². The standard InChI is InChI=1S/C24H24N4O3S2/c1-16-6-8-21(9-7-16)33(29,30)28-12-10-18(11-13-28)24-26-23(27-31-24)20-5-3-4-19(14-20)22-15-32-17(2)25-22/h3-9,14-15,18H,10-13H2,1-2H3. The zero-order valence-electron chi connectivity index (χ0n) is 18.4. The minimum Gasteiger partial charge on any atom is -0.339 e. The number of hydrogen-bond acceptors (Lipinski definition) is 7. The van der Waals surface area contributed by atoms with Crippen molar-refractivity contribution in [3.05, 3.63) is 70.4 Å². The first-order chi connectivity index (χ1) is 15.9. The minimum atomic E-state index is -3.49. The Labute approximate surface area is 197 Å². The molecule has 0 N–H and O–H groups in total. The van der Waals surface area contributed by atoms with Crippen LogP contribution in [0.5, 0.6) is 0 Å². The van der Waals surface area contributed by atoms with Crippen LogP contribution in [0.1, 0.15) is 35.2 Å². The molecule has 0 bridgehead atoms. The summed E-state index contributed by atoms with van der Waals surface area (Å²) in [5, 5.41) is 7.25. The average Bonchev–Trinajstić information content (AvgIpc) is 3.49. The maximum atomic E-state index is 13.0. The molecule has 3 heterocycles. The Morgan fingerprint density at radius 2 is 1.73 bits per heavy atom. The van der Waals surface area contributed by atoms with Crippen LogP contribution < -0.4 is 0 Å². The Bertz CT molecular complexity index is 1370. The fraction of sp³-hybridized carbons (Fsp3) is 0.292. The van der Waals surface area contributed by atoms with Gasteiger partial charge in [0.25, 0.3) is 0 Å². The third-order valence-electron chi connectivity index (χ3n) is 5.94. The summed E-state index contributed by atoms with van der Waals surface area (Å²) in [6.07, 6.45) is 1.29. The third-order valence-corrected chi connectivity index (χ3v) is 8.63. The molecule has 9 heteroatoms. The van der Waals surface area contributed by atoms with Crippen LogP contribution in [0.15, 0.2) is 63.3 Å². The Morgan fingerprint density at radius 1 is 1.00 bits per heavy atom. The van der Waals surface area contributed by atoms with Crippen molar-refractivity contribution in [2.45, 2.75) is 37.5 Å². The summed E-state index contributed by atoms with van der Waals surface area (Å²) in [7, 11) is -3.49. The Morgan fingerprint density at radius 3 is 2.42 bits per heavy atom. The summed E-state index contributed by atoms with van der Waals surface area (Å²) in [6.45, 7) is 4.78. The summed E-state index contributed by atoms with van der Waals surface area (Å²) in [5.41, 5.74) is 3.85. The maximum absolute atomic E-state index is 13.0. The average molecular weight is 481 g/mol. The Hall–Kier alpha value is -2.88. The van der Waals surface area contributed by atoms with Crippen molar-refractivity contribution in [2.24, 2.45) is 0 Å². The molecule has 1 fully saturated rings. The molecule has 0 saturated carbocycles. The molecule has 5 rings (SSSR count). The summed E-state index contributed by atoms with van der Waals surface area (Å²) >= 11 is 1.62. The molecule has 0 unspecified atom stereocenters. The number of sulfonamides is 1. The molecule has 0 atom stereocenters. The summed E-state index contributed by atoms with van der Waals surface area (Å²) in [4.78, 5) is 9.52. The van der Waals surface area contributed by atoms with Crippen LogP contribution in [0.2, 0.25) is 0 Å². The quantitative estimate of drug-likeness (QED) is 0.397. The molecule has 1 aliphatic heterocycles. The highest BCUT2D eigenvalue weighted by atomic mass is 32.2. The molecule has 0 aliphatic carbocycles. The van der Waals surface area contributed by atoms with E-state index in [1.807, 2.05) is 55.6 Å². The van der Waals surface area contributed by atoms with E-state index in [1.54, 1.807) is 27.8 Å². The zero-order chi connectivity index (χ0) is 23.0. The summed E-state index contributed by atoms with van der Waals surface area (Å²) < 4.78 is 33.0. The molecule has 2 aromatic carbocycles. The molecule has 4 aromatic rings. The van der Waals surface area contributed by atoms with Gasteiger partial charge in [-0.2, -0.15) is 9.29 Å². The largest absolute Gasteiger partial charge is 0.339 e.